The fourth-order valence-electron chi connectivity index (χ4n) is 3.58. The van der Waals surface area contributed by atoms with Crippen LogP contribution in [0.5, 0.6) is 0 Å². The Kier molecular flexibility index (Phi) is 5.27. The number of amides is 1. The van der Waals surface area contributed by atoms with Crippen LogP contribution in [0.3, 0.4) is 0 Å². The van der Waals surface area contributed by atoms with Gasteiger partial charge in [-0.15, -0.1) is 0 Å². The maximum Gasteiger partial charge on any atom is 0.356 e. The summed E-state index contributed by atoms with van der Waals surface area (Å²) in [5, 5.41) is 8.88. The zero-order chi connectivity index (χ0) is 16.9. The van der Waals surface area contributed by atoms with Crippen LogP contribution in [-0.2, 0) is 4.79 Å². The first-order chi connectivity index (χ1) is 11.6. The molecule has 0 radical (unpaired) electrons. The number of aromatic carboxylic acids is 1. The van der Waals surface area contributed by atoms with Crippen LogP contribution >= 0.6 is 0 Å². The molecule has 7 nitrogen and oxygen atoms in total. The van der Waals surface area contributed by atoms with Crippen LogP contribution < -0.4 is 4.90 Å². The number of hydrogen-bond donors (Lipinski definition) is 1. The molecule has 3 rings (SSSR count). The van der Waals surface area contributed by atoms with Gasteiger partial charge >= 0.3 is 5.97 Å². The predicted octanol–water partition coefficient (Wildman–Crippen LogP) is 1.79. The quantitative estimate of drug-likeness (QED) is 0.904. The van der Waals surface area contributed by atoms with Gasteiger partial charge in [0.25, 0.3) is 0 Å². The van der Waals surface area contributed by atoms with Crippen molar-refractivity contribution in [3.8, 4) is 0 Å². The van der Waals surface area contributed by atoms with Gasteiger partial charge in [-0.05, 0) is 25.2 Å². The van der Waals surface area contributed by atoms with Crippen molar-refractivity contribution in [1.29, 1.82) is 0 Å². The average molecular weight is 332 g/mol. The van der Waals surface area contributed by atoms with Gasteiger partial charge in [-0.2, -0.15) is 0 Å². The molecular weight excluding hydrogens is 308 g/mol. The second-order valence-corrected chi connectivity index (χ2v) is 6.64. The van der Waals surface area contributed by atoms with Crippen molar-refractivity contribution in [2.45, 2.75) is 38.5 Å². The molecule has 0 atom stereocenters. The highest BCUT2D eigenvalue weighted by Gasteiger charge is 2.24. The fourth-order valence-corrected chi connectivity index (χ4v) is 3.58. The number of aromatic nitrogens is 2. The van der Waals surface area contributed by atoms with Crippen LogP contribution in [0.15, 0.2) is 12.4 Å². The second-order valence-electron chi connectivity index (χ2n) is 6.64. The Morgan fingerprint density at radius 2 is 1.83 bits per heavy atom. The molecule has 1 N–H and O–H groups in total. The molecule has 2 heterocycles. The van der Waals surface area contributed by atoms with Crippen LogP contribution in [0.4, 0.5) is 5.82 Å². The molecule has 130 valence electrons. The summed E-state index contributed by atoms with van der Waals surface area (Å²) >= 11 is 0. The Morgan fingerprint density at radius 3 is 2.50 bits per heavy atom. The topological polar surface area (TPSA) is 86.6 Å². The maximum absolute atomic E-state index is 12.5. The van der Waals surface area contributed by atoms with E-state index in [9.17, 15) is 9.59 Å². The van der Waals surface area contributed by atoms with E-state index < -0.39 is 5.97 Å². The summed E-state index contributed by atoms with van der Waals surface area (Å²) in [6.07, 6.45) is 9.26. The summed E-state index contributed by atoms with van der Waals surface area (Å²) in [7, 11) is 0. The fraction of sp³-hybridized carbons (Fsp3) is 0.647. The van der Waals surface area contributed by atoms with E-state index in [1.54, 1.807) is 0 Å². The zero-order valence-corrected chi connectivity index (χ0v) is 13.9. The Morgan fingerprint density at radius 1 is 1.04 bits per heavy atom. The highest BCUT2D eigenvalue weighted by atomic mass is 16.4. The van der Waals surface area contributed by atoms with Crippen molar-refractivity contribution in [3.63, 3.8) is 0 Å². The summed E-state index contributed by atoms with van der Waals surface area (Å²) in [6.45, 7) is 2.97. The van der Waals surface area contributed by atoms with E-state index >= 15 is 0 Å². The summed E-state index contributed by atoms with van der Waals surface area (Å²) < 4.78 is 0. The lowest BCUT2D eigenvalue weighted by atomic mass is 10.0. The van der Waals surface area contributed by atoms with Gasteiger partial charge in [0.2, 0.25) is 5.91 Å². The number of carbonyl (C=O) groups is 2. The first-order valence-corrected chi connectivity index (χ1v) is 8.71. The van der Waals surface area contributed by atoms with E-state index in [-0.39, 0.29) is 11.6 Å². The molecule has 2 aliphatic rings. The molecule has 7 heteroatoms. The van der Waals surface area contributed by atoms with Gasteiger partial charge < -0.3 is 14.9 Å². The Labute approximate surface area is 141 Å². The summed E-state index contributed by atoms with van der Waals surface area (Å²) in [4.78, 5) is 35.5. The number of rotatable bonds is 4. The summed E-state index contributed by atoms with van der Waals surface area (Å²) in [5.74, 6) is 0.445. The van der Waals surface area contributed by atoms with Gasteiger partial charge in [0.05, 0.1) is 12.4 Å². The van der Waals surface area contributed by atoms with Crippen molar-refractivity contribution in [3.05, 3.63) is 18.1 Å². The van der Waals surface area contributed by atoms with Crippen molar-refractivity contribution in [2.75, 3.05) is 31.1 Å². The lowest BCUT2D eigenvalue weighted by Gasteiger charge is -2.23. The first kappa shape index (κ1) is 16.7. The number of nitrogens with zero attached hydrogens (tertiary/aromatic N) is 4. The van der Waals surface area contributed by atoms with Crippen LogP contribution in [0.2, 0.25) is 0 Å². The standard InChI is InChI=1S/C17H24N4O3/c22-16(10-13-4-1-2-5-13)21-7-3-6-20(8-9-21)15-12-18-14(11-19-15)17(23)24/h11-13H,1-10H2,(H,23,24). The smallest absolute Gasteiger partial charge is 0.356 e. The van der Waals surface area contributed by atoms with Crippen LogP contribution in [-0.4, -0.2) is 58.0 Å². The van der Waals surface area contributed by atoms with E-state index in [2.05, 4.69) is 14.9 Å². The molecule has 0 unspecified atom stereocenters. The molecule has 0 bridgehead atoms. The third kappa shape index (κ3) is 4.01. The predicted molar refractivity (Wildman–Crippen MR) is 89.0 cm³/mol. The minimum Gasteiger partial charge on any atom is -0.476 e. The molecule has 0 aromatic carbocycles. The third-order valence-electron chi connectivity index (χ3n) is 4.97. The Hall–Kier alpha value is -2.18. The molecule has 2 fully saturated rings. The van der Waals surface area contributed by atoms with Crippen molar-refractivity contribution >= 4 is 17.7 Å². The molecule has 1 aromatic rings. The van der Waals surface area contributed by atoms with E-state index in [0.717, 1.165) is 19.5 Å². The molecule has 0 spiro atoms. The highest BCUT2D eigenvalue weighted by molar-refractivity contribution is 5.84. The lowest BCUT2D eigenvalue weighted by molar-refractivity contribution is -0.131. The van der Waals surface area contributed by atoms with Gasteiger partial charge in [0, 0.05) is 32.6 Å². The lowest BCUT2D eigenvalue weighted by Crippen LogP contribution is -2.36. The van der Waals surface area contributed by atoms with Crippen LogP contribution in [0, 0.1) is 5.92 Å². The van der Waals surface area contributed by atoms with Crippen molar-refractivity contribution < 1.29 is 14.7 Å². The normalized spacial score (nSPS) is 19.3. The van der Waals surface area contributed by atoms with Gasteiger partial charge in [-0.3, -0.25) is 4.79 Å². The van der Waals surface area contributed by atoms with Crippen LogP contribution in [0.25, 0.3) is 0 Å². The number of hydrogen-bond acceptors (Lipinski definition) is 5. The van der Waals surface area contributed by atoms with Gasteiger partial charge in [0.1, 0.15) is 5.82 Å². The Bertz CT molecular complexity index is 584. The van der Waals surface area contributed by atoms with Crippen LogP contribution in [0.1, 0.15) is 49.0 Å². The largest absolute Gasteiger partial charge is 0.476 e. The van der Waals surface area contributed by atoms with Gasteiger partial charge in [-0.25, -0.2) is 14.8 Å². The highest BCUT2D eigenvalue weighted by Crippen LogP contribution is 2.28. The molecule has 1 saturated heterocycles. The molecule has 1 saturated carbocycles. The van der Waals surface area contributed by atoms with Gasteiger partial charge in [-0.1, -0.05) is 12.8 Å². The van der Waals surface area contributed by atoms with E-state index in [4.69, 9.17) is 5.11 Å². The molecule has 1 aliphatic carbocycles. The molecule has 1 aliphatic heterocycles. The number of carboxylic acid groups (broad SMARTS) is 1. The molecule has 1 aromatic heterocycles. The zero-order valence-electron chi connectivity index (χ0n) is 13.9. The minimum absolute atomic E-state index is 0.0538. The monoisotopic (exact) mass is 332 g/mol. The second kappa shape index (κ2) is 7.59. The van der Waals surface area contributed by atoms with E-state index in [1.807, 2.05) is 4.90 Å². The SMILES string of the molecule is O=C(O)c1cnc(N2CCCN(C(=O)CC3CCCC3)CC2)cn1. The maximum atomic E-state index is 12.5. The molecule has 1 amide bonds. The first-order valence-electron chi connectivity index (χ1n) is 8.71. The van der Waals surface area contributed by atoms with Crippen molar-refractivity contribution in [2.24, 2.45) is 5.92 Å². The number of carbonyl (C=O) groups excluding carboxylic acids is 1. The minimum atomic E-state index is -1.08. The number of carboxylic acids is 1. The van der Waals surface area contributed by atoms with E-state index in [0.29, 0.717) is 31.2 Å². The third-order valence-corrected chi connectivity index (χ3v) is 4.97. The summed E-state index contributed by atoms with van der Waals surface area (Å²) in [5.41, 5.74) is -0.0538. The van der Waals surface area contributed by atoms with E-state index in [1.165, 1.54) is 38.1 Å². The summed E-state index contributed by atoms with van der Waals surface area (Å²) in [6, 6.07) is 0. The molecule has 24 heavy (non-hydrogen) atoms. The molecular formula is C17H24N4O3. The van der Waals surface area contributed by atoms with Gasteiger partial charge in [0.15, 0.2) is 5.69 Å². The average Bonchev–Trinajstić information content (AvgIpc) is 2.96. The van der Waals surface area contributed by atoms with Crippen molar-refractivity contribution in [1.82, 2.24) is 14.9 Å². The Balaban J connectivity index is 1.56. The number of anilines is 1.